The molecule has 2 heteroatoms. The molecule has 2 nitrogen and oxygen atoms in total. The van der Waals surface area contributed by atoms with E-state index in [0.29, 0.717) is 12.6 Å². The fourth-order valence-electron chi connectivity index (χ4n) is 3.04. The Morgan fingerprint density at radius 2 is 1.79 bits per heavy atom. The summed E-state index contributed by atoms with van der Waals surface area (Å²) in [6.07, 6.45) is 9.66. The first-order valence-electron chi connectivity index (χ1n) is 6.25. The molecule has 1 N–H and O–H groups in total. The lowest BCUT2D eigenvalue weighted by atomic mass is 9.89. The molecule has 1 heterocycles. The summed E-state index contributed by atoms with van der Waals surface area (Å²) >= 11 is 0. The first kappa shape index (κ1) is 10.4. The molecule has 0 radical (unpaired) electrons. The van der Waals surface area contributed by atoms with Gasteiger partial charge in [-0.05, 0) is 38.1 Å². The molecule has 1 atom stereocenters. The minimum Gasteiger partial charge on any atom is -0.395 e. The van der Waals surface area contributed by atoms with Crippen molar-refractivity contribution in [3.63, 3.8) is 0 Å². The van der Waals surface area contributed by atoms with Crippen LogP contribution in [0.4, 0.5) is 0 Å². The van der Waals surface area contributed by atoms with Crippen molar-refractivity contribution in [2.45, 2.75) is 51.0 Å². The van der Waals surface area contributed by atoms with Crippen LogP contribution in [0.5, 0.6) is 0 Å². The van der Waals surface area contributed by atoms with Gasteiger partial charge in [0.15, 0.2) is 0 Å². The Balaban J connectivity index is 1.77. The summed E-state index contributed by atoms with van der Waals surface area (Å²) < 4.78 is 0. The van der Waals surface area contributed by atoms with Gasteiger partial charge in [-0.25, -0.2) is 0 Å². The van der Waals surface area contributed by atoms with Crippen LogP contribution in [0.15, 0.2) is 0 Å². The van der Waals surface area contributed by atoms with Crippen LogP contribution in [0.2, 0.25) is 0 Å². The quantitative estimate of drug-likeness (QED) is 0.748. The van der Waals surface area contributed by atoms with Crippen molar-refractivity contribution < 1.29 is 5.11 Å². The van der Waals surface area contributed by atoms with E-state index in [0.717, 1.165) is 5.92 Å². The van der Waals surface area contributed by atoms with Crippen molar-refractivity contribution >= 4 is 0 Å². The third-order valence-electron chi connectivity index (χ3n) is 3.93. The molecule has 0 spiro atoms. The summed E-state index contributed by atoms with van der Waals surface area (Å²) in [5.41, 5.74) is 0. The number of aliphatic hydroxyl groups is 1. The standard InChI is InChI=1S/C12H23NO/c14-10-12-7-4-8-13(12)9-11-5-2-1-3-6-11/h11-12,14H,1-10H2/t12-/m0/s1. The van der Waals surface area contributed by atoms with Gasteiger partial charge in [0.1, 0.15) is 0 Å². The Labute approximate surface area is 87.3 Å². The Bertz CT molecular complexity index is 166. The second-order valence-electron chi connectivity index (χ2n) is 4.98. The number of nitrogens with zero attached hydrogens (tertiary/aromatic N) is 1. The molecule has 2 fully saturated rings. The summed E-state index contributed by atoms with van der Waals surface area (Å²) in [5, 5.41) is 9.22. The summed E-state index contributed by atoms with van der Waals surface area (Å²) in [6, 6.07) is 0.483. The molecule has 2 aliphatic rings. The van der Waals surface area contributed by atoms with E-state index in [4.69, 9.17) is 0 Å². The summed E-state index contributed by atoms with van der Waals surface area (Å²) in [6.45, 7) is 2.85. The number of hydrogen-bond donors (Lipinski definition) is 1. The van der Waals surface area contributed by atoms with Crippen molar-refractivity contribution in [2.75, 3.05) is 19.7 Å². The van der Waals surface area contributed by atoms with Crippen LogP contribution in [0.1, 0.15) is 44.9 Å². The average molecular weight is 197 g/mol. The van der Waals surface area contributed by atoms with E-state index in [9.17, 15) is 5.11 Å². The van der Waals surface area contributed by atoms with Gasteiger partial charge in [-0.2, -0.15) is 0 Å². The van der Waals surface area contributed by atoms with Crippen LogP contribution < -0.4 is 0 Å². The highest BCUT2D eigenvalue weighted by Gasteiger charge is 2.26. The predicted molar refractivity (Wildman–Crippen MR) is 58.3 cm³/mol. The average Bonchev–Trinajstić information content (AvgIpc) is 2.67. The maximum atomic E-state index is 9.22. The monoisotopic (exact) mass is 197 g/mol. The Morgan fingerprint density at radius 3 is 2.50 bits per heavy atom. The van der Waals surface area contributed by atoms with Crippen LogP contribution >= 0.6 is 0 Å². The first-order chi connectivity index (χ1) is 6.90. The van der Waals surface area contributed by atoms with Gasteiger partial charge < -0.3 is 5.11 Å². The molecular formula is C12H23NO. The minimum atomic E-state index is 0.368. The van der Waals surface area contributed by atoms with Crippen LogP contribution in [-0.2, 0) is 0 Å². The van der Waals surface area contributed by atoms with Crippen LogP contribution in [0.25, 0.3) is 0 Å². The molecule has 82 valence electrons. The van der Waals surface area contributed by atoms with Gasteiger partial charge in [-0.15, -0.1) is 0 Å². The van der Waals surface area contributed by atoms with Crippen molar-refractivity contribution in [3.05, 3.63) is 0 Å². The second kappa shape index (κ2) is 5.13. The predicted octanol–water partition coefficient (Wildman–Crippen LogP) is 2.02. The van der Waals surface area contributed by atoms with Gasteiger partial charge in [0.25, 0.3) is 0 Å². The molecule has 14 heavy (non-hydrogen) atoms. The largest absolute Gasteiger partial charge is 0.395 e. The SMILES string of the molecule is OC[C@@H]1CCCN1CC1CCCCC1. The normalized spacial score (nSPS) is 31.1. The van der Waals surface area contributed by atoms with Gasteiger partial charge in [0.05, 0.1) is 6.61 Å². The molecule has 2 rings (SSSR count). The maximum absolute atomic E-state index is 9.22. The molecule has 0 aromatic heterocycles. The van der Waals surface area contributed by atoms with E-state index in [1.807, 2.05) is 0 Å². The number of aliphatic hydroxyl groups excluding tert-OH is 1. The third-order valence-corrected chi connectivity index (χ3v) is 3.93. The maximum Gasteiger partial charge on any atom is 0.0586 e. The summed E-state index contributed by atoms with van der Waals surface area (Å²) in [5.74, 6) is 0.927. The Hall–Kier alpha value is -0.0800. The van der Waals surface area contributed by atoms with E-state index in [-0.39, 0.29) is 0 Å². The van der Waals surface area contributed by atoms with Crippen LogP contribution in [0, 0.1) is 5.92 Å². The van der Waals surface area contributed by atoms with E-state index in [1.165, 1.54) is 58.0 Å². The van der Waals surface area contributed by atoms with E-state index in [2.05, 4.69) is 4.90 Å². The van der Waals surface area contributed by atoms with E-state index < -0.39 is 0 Å². The zero-order valence-corrected chi connectivity index (χ0v) is 9.12. The first-order valence-corrected chi connectivity index (χ1v) is 6.25. The highest BCUT2D eigenvalue weighted by atomic mass is 16.3. The van der Waals surface area contributed by atoms with Crippen molar-refractivity contribution in [2.24, 2.45) is 5.92 Å². The van der Waals surface area contributed by atoms with E-state index >= 15 is 0 Å². The summed E-state index contributed by atoms with van der Waals surface area (Å²) in [4.78, 5) is 2.52. The molecular weight excluding hydrogens is 174 g/mol. The van der Waals surface area contributed by atoms with E-state index in [1.54, 1.807) is 0 Å². The van der Waals surface area contributed by atoms with Crippen LogP contribution in [-0.4, -0.2) is 35.7 Å². The fourth-order valence-corrected chi connectivity index (χ4v) is 3.04. The van der Waals surface area contributed by atoms with Gasteiger partial charge >= 0.3 is 0 Å². The van der Waals surface area contributed by atoms with Crippen molar-refractivity contribution in [1.29, 1.82) is 0 Å². The van der Waals surface area contributed by atoms with Gasteiger partial charge in [-0.1, -0.05) is 19.3 Å². The molecule has 0 aromatic carbocycles. The molecule has 1 aliphatic heterocycles. The fraction of sp³-hybridized carbons (Fsp3) is 1.00. The minimum absolute atomic E-state index is 0.368. The van der Waals surface area contributed by atoms with Crippen molar-refractivity contribution in [3.8, 4) is 0 Å². The lowest BCUT2D eigenvalue weighted by molar-refractivity contribution is 0.132. The lowest BCUT2D eigenvalue weighted by Gasteiger charge is -2.30. The van der Waals surface area contributed by atoms with Gasteiger partial charge in [0, 0.05) is 12.6 Å². The zero-order chi connectivity index (χ0) is 9.80. The number of likely N-dealkylation sites (tertiary alicyclic amines) is 1. The molecule has 0 bridgehead atoms. The molecule has 0 aromatic rings. The third kappa shape index (κ3) is 2.48. The molecule has 1 saturated carbocycles. The second-order valence-corrected chi connectivity index (χ2v) is 4.98. The molecule has 1 saturated heterocycles. The lowest BCUT2D eigenvalue weighted by Crippen LogP contribution is -2.36. The molecule has 1 aliphatic carbocycles. The van der Waals surface area contributed by atoms with Gasteiger partial charge in [0.2, 0.25) is 0 Å². The molecule has 0 unspecified atom stereocenters. The number of hydrogen-bond acceptors (Lipinski definition) is 2. The number of rotatable bonds is 3. The van der Waals surface area contributed by atoms with Crippen molar-refractivity contribution in [1.82, 2.24) is 4.90 Å². The van der Waals surface area contributed by atoms with Crippen LogP contribution in [0.3, 0.4) is 0 Å². The van der Waals surface area contributed by atoms with Gasteiger partial charge in [-0.3, -0.25) is 4.90 Å². The highest BCUT2D eigenvalue weighted by Crippen LogP contribution is 2.27. The zero-order valence-electron chi connectivity index (χ0n) is 9.12. The molecule has 0 amide bonds. The highest BCUT2D eigenvalue weighted by molar-refractivity contribution is 4.81. The topological polar surface area (TPSA) is 23.5 Å². The summed E-state index contributed by atoms with van der Waals surface area (Å²) in [7, 11) is 0. The smallest absolute Gasteiger partial charge is 0.0586 e. The Morgan fingerprint density at radius 1 is 1.00 bits per heavy atom. The Kier molecular flexibility index (Phi) is 3.82.